The molecule has 0 saturated heterocycles. The molecule has 4 rings (SSSR count). The molecule has 0 aromatic carbocycles. The predicted molar refractivity (Wildman–Crippen MR) is 194 cm³/mol. The van der Waals surface area contributed by atoms with Crippen LogP contribution < -0.4 is 0 Å². The van der Waals surface area contributed by atoms with Crippen molar-refractivity contribution in [1.29, 1.82) is 0 Å². The van der Waals surface area contributed by atoms with Crippen LogP contribution in [-0.4, -0.2) is 95.6 Å². The van der Waals surface area contributed by atoms with E-state index in [0.29, 0.717) is 37.4 Å². The molecular formula is C36H57BrCl2O12. The Morgan fingerprint density at radius 1 is 0.569 bits per heavy atom. The Balaban J connectivity index is 0.000000364. The zero-order chi connectivity index (χ0) is 38.7. The molecule has 0 radical (unpaired) electrons. The van der Waals surface area contributed by atoms with Crippen LogP contribution in [0.3, 0.4) is 0 Å². The molecule has 4 aliphatic rings. The van der Waals surface area contributed by atoms with Crippen molar-refractivity contribution in [2.24, 2.45) is 34.0 Å². The number of halogens is 3. The Bertz CT molecular complexity index is 1100. The second-order valence-electron chi connectivity index (χ2n) is 13.6. The number of ether oxygens (including phenoxy) is 6. The Morgan fingerprint density at radius 2 is 1.00 bits per heavy atom. The normalized spacial score (nSPS) is 29.0. The molecule has 12 nitrogen and oxygen atoms in total. The summed E-state index contributed by atoms with van der Waals surface area (Å²) in [6.45, 7) is 0. The fourth-order valence-corrected chi connectivity index (χ4v) is 8.44. The number of methoxy groups -OCH3 is 6. The van der Waals surface area contributed by atoms with Crippen LogP contribution in [0.15, 0.2) is 0 Å². The summed E-state index contributed by atoms with van der Waals surface area (Å²) in [4.78, 5) is 69.6. The van der Waals surface area contributed by atoms with E-state index in [1.165, 1.54) is 42.7 Å². The average Bonchev–Trinajstić information content (AvgIpc) is 3.47. The van der Waals surface area contributed by atoms with Gasteiger partial charge in [0.25, 0.3) is 0 Å². The van der Waals surface area contributed by atoms with Crippen molar-refractivity contribution in [3.8, 4) is 0 Å². The molecule has 0 amide bonds. The molecule has 4 saturated carbocycles. The summed E-state index contributed by atoms with van der Waals surface area (Å²) in [6.07, 6.45) is 11.2. The van der Waals surface area contributed by atoms with Gasteiger partial charge in [0.15, 0.2) is 0 Å². The van der Waals surface area contributed by atoms with Crippen molar-refractivity contribution in [2.45, 2.75) is 96.3 Å². The highest BCUT2D eigenvalue weighted by Gasteiger charge is 2.59. The summed E-state index contributed by atoms with van der Waals surface area (Å²) in [6, 6.07) is 0. The van der Waals surface area contributed by atoms with Gasteiger partial charge in [0.2, 0.25) is 0 Å². The van der Waals surface area contributed by atoms with E-state index in [1.807, 2.05) is 0 Å². The van der Waals surface area contributed by atoms with E-state index < -0.39 is 16.2 Å². The van der Waals surface area contributed by atoms with Crippen LogP contribution >= 0.6 is 39.1 Å². The minimum atomic E-state index is -0.604. The van der Waals surface area contributed by atoms with Crippen molar-refractivity contribution in [1.82, 2.24) is 0 Å². The third-order valence-corrected chi connectivity index (χ3v) is 11.9. The van der Waals surface area contributed by atoms with E-state index in [0.717, 1.165) is 76.0 Å². The molecule has 0 spiro atoms. The lowest BCUT2D eigenvalue weighted by molar-refractivity contribution is -0.161. The highest BCUT2D eigenvalue weighted by atomic mass is 79.9. The van der Waals surface area contributed by atoms with Crippen LogP contribution in [0.1, 0.15) is 96.3 Å². The molecule has 0 aromatic rings. The van der Waals surface area contributed by atoms with Crippen LogP contribution in [0, 0.1) is 34.0 Å². The summed E-state index contributed by atoms with van der Waals surface area (Å²) in [5.74, 6) is -0.595. The zero-order valence-electron chi connectivity index (χ0n) is 31.0. The molecule has 4 aliphatic carbocycles. The molecule has 15 heteroatoms. The first-order chi connectivity index (χ1) is 24.3. The largest absolute Gasteiger partial charge is 0.469 e. The molecular weight excluding hydrogens is 775 g/mol. The highest BCUT2D eigenvalue weighted by molar-refractivity contribution is 9.09. The molecule has 4 fully saturated rings. The van der Waals surface area contributed by atoms with Gasteiger partial charge in [0, 0.05) is 17.1 Å². The number of hydrogen-bond donors (Lipinski definition) is 0. The van der Waals surface area contributed by atoms with Gasteiger partial charge in [-0.3, -0.25) is 28.8 Å². The predicted octanol–water partition coefficient (Wildman–Crippen LogP) is 6.57. The standard InChI is InChI=1S/C12H19ClO4.C12H18O4.C10H16O4.C2H4BrCl/c1-16-10(14)9-4-3-5-12(8-9,6-7-13)11(15)17-2;1-15-9(13)11-4-3-5-12(8-11,7-6-11)10(14)16-2;1-13-9(11)7-4-3-5-8(6-7)10(12)14-2;3-1-2-4/h9H,3-8H2,1-2H3;3-8H2,1-2H3;7-8H,3-6H2,1-2H3;1-2H2. The van der Waals surface area contributed by atoms with Gasteiger partial charge in [0.05, 0.1) is 76.7 Å². The Hall–Kier alpha value is -2.12. The van der Waals surface area contributed by atoms with Crippen molar-refractivity contribution in [3.63, 3.8) is 0 Å². The van der Waals surface area contributed by atoms with Crippen LogP contribution in [0.2, 0.25) is 0 Å². The number of alkyl halides is 3. The second kappa shape index (κ2) is 23.5. The fraction of sp³-hybridized carbons (Fsp3) is 0.833. The molecule has 0 aliphatic heterocycles. The molecule has 6 unspecified atom stereocenters. The maximum absolute atomic E-state index is 11.9. The lowest BCUT2D eigenvalue weighted by Crippen LogP contribution is -2.40. The van der Waals surface area contributed by atoms with Gasteiger partial charge < -0.3 is 28.4 Å². The Morgan fingerprint density at radius 3 is 1.39 bits per heavy atom. The number of rotatable bonds is 9. The van der Waals surface area contributed by atoms with E-state index in [4.69, 9.17) is 42.1 Å². The van der Waals surface area contributed by atoms with Gasteiger partial charge in [0.1, 0.15) is 0 Å². The number of fused-ring (bicyclic) bond motifs is 2. The molecule has 0 aromatic heterocycles. The van der Waals surface area contributed by atoms with Gasteiger partial charge >= 0.3 is 35.8 Å². The third-order valence-electron chi connectivity index (χ3n) is 10.7. The lowest BCUT2D eigenvalue weighted by Gasteiger charge is -2.37. The van der Waals surface area contributed by atoms with E-state index in [2.05, 4.69) is 25.4 Å². The van der Waals surface area contributed by atoms with E-state index in [9.17, 15) is 28.8 Å². The molecule has 0 N–H and O–H groups in total. The van der Waals surface area contributed by atoms with Crippen LogP contribution in [0.5, 0.6) is 0 Å². The van der Waals surface area contributed by atoms with Gasteiger partial charge in [-0.2, -0.15) is 0 Å². The van der Waals surface area contributed by atoms with Crippen LogP contribution in [-0.2, 0) is 57.2 Å². The second-order valence-corrected chi connectivity index (χ2v) is 15.1. The maximum atomic E-state index is 11.9. The quantitative estimate of drug-likeness (QED) is 0.140. The molecule has 0 heterocycles. The van der Waals surface area contributed by atoms with E-state index in [1.54, 1.807) is 0 Å². The van der Waals surface area contributed by atoms with Crippen molar-refractivity contribution in [3.05, 3.63) is 0 Å². The minimum absolute atomic E-state index is 0.127. The van der Waals surface area contributed by atoms with Crippen molar-refractivity contribution in [2.75, 3.05) is 59.7 Å². The van der Waals surface area contributed by atoms with Crippen LogP contribution in [0.4, 0.5) is 0 Å². The van der Waals surface area contributed by atoms with E-state index >= 15 is 0 Å². The first-order valence-electron chi connectivity index (χ1n) is 17.4. The van der Waals surface area contributed by atoms with Crippen molar-refractivity contribution < 1.29 is 57.2 Å². The lowest BCUT2D eigenvalue weighted by atomic mass is 9.68. The third kappa shape index (κ3) is 13.1. The Kier molecular flexibility index (Phi) is 21.6. The monoisotopic (exact) mass is 830 g/mol. The molecule has 51 heavy (non-hydrogen) atoms. The molecule has 294 valence electrons. The van der Waals surface area contributed by atoms with E-state index in [-0.39, 0.29) is 53.6 Å². The molecule has 2 bridgehead atoms. The number of hydrogen-bond acceptors (Lipinski definition) is 12. The SMILES string of the molecule is COC(=O)C12CCCC(C(=O)OC)(CC1)C2.COC(=O)C1CCCC(C(=O)OC)C1.COC(=O)C1CCCC(CCCl)(C(=O)OC)C1.ClCCBr. The highest BCUT2D eigenvalue weighted by Crippen LogP contribution is 2.59. The summed E-state index contributed by atoms with van der Waals surface area (Å²) in [7, 11) is 8.35. The first-order valence-corrected chi connectivity index (χ1v) is 19.6. The maximum Gasteiger partial charge on any atom is 0.311 e. The minimum Gasteiger partial charge on any atom is -0.469 e. The van der Waals surface area contributed by atoms with Gasteiger partial charge in [-0.15, -0.1) is 23.2 Å². The number of carbonyl (C=O) groups excluding carboxylic acids is 6. The number of carbonyl (C=O) groups is 6. The topological polar surface area (TPSA) is 158 Å². The number of esters is 6. The summed E-state index contributed by atoms with van der Waals surface area (Å²) < 4.78 is 28.7. The summed E-state index contributed by atoms with van der Waals surface area (Å²) in [5.41, 5.74) is -1.43. The average molecular weight is 833 g/mol. The summed E-state index contributed by atoms with van der Waals surface area (Å²) in [5, 5.41) is 0.897. The zero-order valence-corrected chi connectivity index (χ0v) is 34.1. The van der Waals surface area contributed by atoms with Crippen molar-refractivity contribution >= 4 is 74.9 Å². The van der Waals surface area contributed by atoms with Gasteiger partial charge in [-0.25, -0.2) is 0 Å². The first kappa shape index (κ1) is 46.9. The fourth-order valence-electron chi connectivity index (χ4n) is 8.07. The smallest absolute Gasteiger partial charge is 0.311 e. The van der Waals surface area contributed by atoms with Crippen LogP contribution in [0.25, 0.3) is 0 Å². The van der Waals surface area contributed by atoms with Gasteiger partial charge in [-0.1, -0.05) is 35.2 Å². The summed E-state index contributed by atoms with van der Waals surface area (Å²) >= 11 is 14.0. The Labute approximate surface area is 321 Å². The molecule has 6 atom stereocenters. The van der Waals surface area contributed by atoms with Gasteiger partial charge in [-0.05, 0) is 77.0 Å².